The van der Waals surface area contributed by atoms with Crippen molar-refractivity contribution < 1.29 is 13.6 Å². The molecule has 0 aromatic carbocycles. The van der Waals surface area contributed by atoms with Gasteiger partial charge in [0, 0.05) is 23.7 Å². The molecule has 0 radical (unpaired) electrons. The van der Waals surface area contributed by atoms with Gasteiger partial charge in [-0.2, -0.15) is 0 Å². The van der Waals surface area contributed by atoms with Gasteiger partial charge in [-0.3, -0.25) is 9.59 Å². The summed E-state index contributed by atoms with van der Waals surface area (Å²) in [6.45, 7) is -0.630. The lowest BCUT2D eigenvalue weighted by Gasteiger charge is -2.19. The number of hydrogen-bond donors (Lipinski definition) is 0. The Labute approximate surface area is 90.7 Å². The fourth-order valence-corrected chi connectivity index (χ4v) is 2.03. The molecule has 0 aliphatic heterocycles. The van der Waals surface area contributed by atoms with E-state index < -0.39 is 18.5 Å². The Hall–Kier alpha value is -1.52. The summed E-state index contributed by atoms with van der Waals surface area (Å²) in [6.07, 6.45) is -1.01. The van der Waals surface area contributed by atoms with Crippen molar-refractivity contribution in [1.29, 1.82) is 0 Å². The molecule has 2 rings (SSSR count). The van der Waals surface area contributed by atoms with Crippen LogP contribution in [-0.2, 0) is 13.0 Å². The van der Waals surface area contributed by atoms with Crippen LogP contribution in [0, 0.1) is 0 Å². The molecule has 0 bridgehead atoms. The number of fused-ring (bicyclic) bond motifs is 1. The summed E-state index contributed by atoms with van der Waals surface area (Å²) in [4.78, 5) is 23.0. The van der Waals surface area contributed by atoms with Gasteiger partial charge in [-0.15, -0.1) is 0 Å². The topological polar surface area (TPSA) is 39.1 Å². The Morgan fingerprint density at radius 1 is 1.25 bits per heavy atom. The standard InChI is InChI=1S/C11H11F2NO2/c12-10(13)6-14-8-2-1-3-9(15)7(8)4-5-11(14)16/h4-5,10H,1-3,6H2. The number of hydrogen-bond acceptors (Lipinski definition) is 2. The Morgan fingerprint density at radius 2 is 2.00 bits per heavy atom. The lowest BCUT2D eigenvalue weighted by molar-refractivity contribution is 0.0963. The smallest absolute Gasteiger partial charge is 0.256 e. The molecule has 3 nitrogen and oxygen atoms in total. The highest BCUT2D eigenvalue weighted by atomic mass is 19.3. The third-order valence-corrected chi connectivity index (χ3v) is 2.73. The van der Waals surface area contributed by atoms with Crippen molar-refractivity contribution in [1.82, 2.24) is 4.57 Å². The second kappa shape index (κ2) is 4.15. The number of pyridine rings is 1. The molecule has 0 N–H and O–H groups in total. The van der Waals surface area contributed by atoms with E-state index in [0.717, 1.165) is 4.57 Å². The zero-order valence-electron chi connectivity index (χ0n) is 8.58. The number of aromatic nitrogens is 1. The molecule has 1 aliphatic rings. The summed E-state index contributed by atoms with van der Waals surface area (Å²) in [5, 5.41) is 0. The van der Waals surface area contributed by atoms with E-state index in [1.165, 1.54) is 12.1 Å². The molecule has 1 aliphatic carbocycles. The van der Waals surface area contributed by atoms with Crippen LogP contribution in [0.1, 0.15) is 28.9 Å². The van der Waals surface area contributed by atoms with Crippen molar-refractivity contribution in [3.63, 3.8) is 0 Å². The van der Waals surface area contributed by atoms with E-state index in [9.17, 15) is 18.4 Å². The third-order valence-electron chi connectivity index (χ3n) is 2.73. The summed E-state index contributed by atoms with van der Waals surface area (Å²) in [5.41, 5.74) is 0.421. The lowest BCUT2D eigenvalue weighted by Crippen LogP contribution is -2.29. The molecular weight excluding hydrogens is 216 g/mol. The lowest BCUT2D eigenvalue weighted by atomic mass is 9.94. The Morgan fingerprint density at radius 3 is 2.69 bits per heavy atom. The highest BCUT2D eigenvalue weighted by molar-refractivity contribution is 5.97. The number of Topliss-reactive ketones (excluding diaryl/α,β-unsaturated/α-hetero) is 1. The zero-order valence-corrected chi connectivity index (χ0v) is 8.58. The van der Waals surface area contributed by atoms with Crippen LogP contribution >= 0.6 is 0 Å². The van der Waals surface area contributed by atoms with Gasteiger partial charge in [-0.25, -0.2) is 8.78 Å². The van der Waals surface area contributed by atoms with Gasteiger partial charge < -0.3 is 4.57 Å². The largest absolute Gasteiger partial charge is 0.306 e. The van der Waals surface area contributed by atoms with Crippen LogP contribution in [0.4, 0.5) is 8.78 Å². The first kappa shape index (κ1) is 11.0. The summed E-state index contributed by atoms with van der Waals surface area (Å²) in [6, 6.07) is 2.63. The molecule has 1 aromatic rings. The number of carbonyl (C=O) groups excluding carboxylic acids is 1. The van der Waals surface area contributed by atoms with E-state index in [1.54, 1.807) is 0 Å². The van der Waals surface area contributed by atoms with E-state index in [0.29, 0.717) is 30.5 Å². The van der Waals surface area contributed by atoms with E-state index >= 15 is 0 Å². The van der Waals surface area contributed by atoms with Crippen LogP contribution in [0.25, 0.3) is 0 Å². The van der Waals surface area contributed by atoms with Gasteiger partial charge in [0.25, 0.3) is 12.0 Å². The molecule has 5 heteroatoms. The minimum atomic E-state index is -2.58. The first-order valence-corrected chi connectivity index (χ1v) is 5.13. The SMILES string of the molecule is O=C1CCCc2c1ccc(=O)n2CC(F)F. The Kier molecular flexibility index (Phi) is 2.85. The van der Waals surface area contributed by atoms with E-state index in [-0.39, 0.29) is 5.78 Å². The first-order chi connectivity index (χ1) is 7.59. The monoisotopic (exact) mass is 227 g/mol. The Balaban J connectivity index is 2.54. The molecule has 1 heterocycles. The van der Waals surface area contributed by atoms with Crippen molar-refractivity contribution in [2.45, 2.75) is 32.2 Å². The van der Waals surface area contributed by atoms with Crippen LogP contribution in [0.15, 0.2) is 16.9 Å². The number of alkyl halides is 2. The molecule has 0 atom stereocenters. The van der Waals surface area contributed by atoms with E-state index in [2.05, 4.69) is 0 Å². The maximum atomic E-state index is 12.3. The fourth-order valence-electron chi connectivity index (χ4n) is 2.03. The number of nitrogens with zero attached hydrogens (tertiary/aromatic N) is 1. The molecule has 0 saturated carbocycles. The van der Waals surface area contributed by atoms with Crippen LogP contribution < -0.4 is 5.56 Å². The minimum absolute atomic E-state index is 0.0655. The summed E-state index contributed by atoms with van der Waals surface area (Å²) < 4.78 is 25.7. The van der Waals surface area contributed by atoms with Crippen molar-refractivity contribution in [3.8, 4) is 0 Å². The number of carbonyl (C=O) groups is 1. The van der Waals surface area contributed by atoms with Crippen molar-refractivity contribution in [3.05, 3.63) is 33.7 Å². The molecule has 0 spiro atoms. The van der Waals surface area contributed by atoms with Gasteiger partial charge in [0.05, 0.1) is 6.54 Å². The maximum Gasteiger partial charge on any atom is 0.256 e. The predicted molar refractivity (Wildman–Crippen MR) is 54.0 cm³/mol. The van der Waals surface area contributed by atoms with Gasteiger partial charge in [-0.1, -0.05) is 0 Å². The number of rotatable bonds is 2. The molecule has 1 aromatic heterocycles. The Bertz CT molecular complexity index is 479. The summed E-state index contributed by atoms with van der Waals surface area (Å²) in [5.74, 6) is -0.0655. The normalized spacial score (nSPS) is 15.3. The second-order valence-corrected chi connectivity index (χ2v) is 3.81. The van der Waals surface area contributed by atoms with Gasteiger partial charge in [0.15, 0.2) is 5.78 Å². The van der Waals surface area contributed by atoms with Gasteiger partial charge >= 0.3 is 0 Å². The second-order valence-electron chi connectivity index (χ2n) is 3.81. The highest BCUT2D eigenvalue weighted by Gasteiger charge is 2.21. The fraction of sp³-hybridized carbons (Fsp3) is 0.455. The average Bonchev–Trinajstić information content (AvgIpc) is 2.22. The number of halogens is 2. The van der Waals surface area contributed by atoms with Crippen LogP contribution in [-0.4, -0.2) is 16.8 Å². The quantitative estimate of drug-likeness (QED) is 0.770. The van der Waals surface area contributed by atoms with Gasteiger partial charge in [0.2, 0.25) is 0 Å². The van der Waals surface area contributed by atoms with Crippen molar-refractivity contribution >= 4 is 5.78 Å². The van der Waals surface area contributed by atoms with Crippen LogP contribution in [0.3, 0.4) is 0 Å². The van der Waals surface area contributed by atoms with Gasteiger partial charge in [-0.05, 0) is 18.9 Å². The molecular formula is C11H11F2NO2. The molecule has 0 saturated heterocycles. The predicted octanol–water partition coefficient (Wildman–Crippen LogP) is 1.63. The van der Waals surface area contributed by atoms with E-state index in [4.69, 9.17) is 0 Å². The van der Waals surface area contributed by atoms with Gasteiger partial charge in [0.1, 0.15) is 0 Å². The first-order valence-electron chi connectivity index (χ1n) is 5.13. The molecule has 0 fully saturated rings. The van der Waals surface area contributed by atoms with Crippen molar-refractivity contribution in [2.24, 2.45) is 0 Å². The van der Waals surface area contributed by atoms with Crippen LogP contribution in [0.5, 0.6) is 0 Å². The summed E-state index contributed by atoms with van der Waals surface area (Å²) >= 11 is 0. The molecule has 16 heavy (non-hydrogen) atoms. The maximum absolute atomic E-state index is 12.3. The minimum Gasteiger partial charge on any atom is -0.306 e. The molecule has 0 amide bonds. The zero-order chi connectivity index (χ0) is 11.7. The third kappa shape index (κ3) is 1.89. The highest BCUT2D eigenvalue weighted by Crippen LogP contribution is 2.20. The summed E-state index contributed by atoms with van der Waals surface area (Å²) in [7, 11) is 0. The van der Waals surface area contributed by atoms with Crippen molar-refractivity contribution in [2.75, 3.05) is 0 Å². The average molecular weight is 227 g/mol. The number of ketones is 1. The molecule has 0 unspecified atom stereocenters. The molecule has 86 valence electrons. The van der Waals surface area contributed by atoms with E-state index in [1.807, 2.05) is 0 Å². The van der Waals surface area contributed by atoms with Crippen LogP contribution in [0.2, 0.25) is 0 Å².